The number of nitrogens with one attached hydrogen (secondary N) is 2. The van der Waals surface area contributed by atoms with E-state index in [-0.39, 0.29) is 21.6 Å². The van der Waals surface area contributed by atoms with Gasteiger partial charge in [0.05, 0.1) is 15.8 Å². The minimum atomic E-state index is -3.45. The van der Waals surface area contributed by atoms with Crippen molar-refractivity contribution >= 4 is 33.2 Å². The topological polar surface area (TPSA) is 109 Å². The summed E-state index contributed by atoms with van der Waals surface area (Å²) in [5.41, 5.74) is 0.0948. The number of halogens is 1. The van der Waals surface area contributed by atoms with Crippen LogP contribution < -0.4 is 11.0 Å². The molecule has 1 aliphatic rings. The van der Waals surface area contributed by atoms with Crippen LogP contribution in [-0.4, -0.2) is 30.5 Å². The third-order valence-electron chi connectivity index (χ3n) is 5.04. The highest BCUT2D eigenvalue weighted by Gasteiger charge is 2.28. The maximum atomic E-state index is 13.0. The molecule has 150 valence electrons. The van der Waals surface area contributed by atoms with Crippen molar-refractivity contribution in [3.8, 4) is 0 Å². The van der Waals surface area contributed by atoms with Gasteiger partial charge in [-0.15, -0.1) is 0 Å². The molecule has 0 radical (unpaired) electrons. The number of amides is 1. The molecule has 0 spiro atoms. The standard InChI is InChI=1S/C19H22ClN3O4S/c1-28(26,27)16-7-6-13(11-15(16)20)14(10-12-4-2-3-5-12)18(24)22-17-8-9-21-19(25)23-17/h6-9,11-12,14H,2-5,10H2,1H3,(H2,21,22,23,24,25). The van der Waals surface area contributed by atoms with Gasteiger partial charge in [-0.05, 0) is 36.1 Å². The normalized spacial score (nSPS) is 16.1. The van der Waals surface area contributed by atoms with E-state index in [2.05, 4.69) is 15.3 Å². The Labute approximate surface area is 168 Å². The van der Waals surface area contributed by atoms with Gasteiger partial charge in [-0.2, -0.15) is 4.98 Å². The third-order valence-corrected chi connectivity index (χ3v) is 6.62. The Bertz CT molecular complexity index is 1030. The number of aromatic amines is 1. The minimum Gasteiger partial charge on any atom is -0.313 e. The molecule has 7 nitrogen and oxygen atoms in total. The molecule has 1 aliphatic carbocycles. The molecule has 1 saturated carbocycles. The van der Waals surface area contributed by atoms with Crippen LogP contribution in [0.2, 0.25) is 5.02 Å². The number of carbonyl (C=O) groups excluding carboxylic acids is 1. The lowest BCUT2D eigenvalue weighted by Gasteiger charge is -2.21. The van der Waals surface area contributed by atoms with Crippen LogP contribution in [0.5, 0.6) is 0 Å². The lowest BCUT2D eigenvalue weighted by atomic mass is 9.87. The SMILES string of the molecule is CS(=O)(=O)c1ccc(C(CC2CCCC2)C(=O)Nc2cc[nH]c(=O)n2)cc1Cl. The van der Waals surface area contributed by atoms with Crippen LogP contribution in [0.25, 0.3) is 0 Å². The van der Waals surface area contributed by atoms with E-state index in [9.17, 15) is 18.0 Å². The van der Waals surface area contributed by atoms with Crippen molar-refractivity contribution in [1.82, 2.24) is 9.97 Å². The second kappa shape index (κ2) is 8.45. The number of aromatic nitrogens is 2. The van der Waals surface area contributed by atoms with Crippen LogP contribution in [0.4, 0.5) is 5.82 Å². The van der Waals surface area contributed by atoms with Crippen LogP contribution in [0.15, 0.2) is 40.2 Å². The van der Waals surface area contributed by atoms with Gasteiger partial charge < -0.3 is 10.3 Å². The second-order valence-corrected chi connectivity index (χ2v) is 9.56. The van der Waals surface area contributed by atoms with E-state index in [1.807, 2.05) is 0 Å². The van der Waals surface area contributed by atoms with Gasteiger partial charge in [0.15, 0.2) is 9.84 Å². The zero-order valence-corrected chi connectivity index (χ0v) is 17.0. The predicted octanol–water partition coefficient (Wildman–Crippen LogP) is 3.13. The summed E-state index contributed by atoms with van der Waals surface area (Å²) >= 11 is 6.19. The van der Waals surface area contributed by atoms with Crippen molar-refractivity contribution in [2.75, 3.05) is 11.6 Å². The molecule has 1 unspecified atom stereocenters. The Morgan fingerprint density at radius 2 is 2.04 bits per heavy atom. The highest BCUT2D eigenvalue weighted by atomic mass is 35.5. The first-order chi connectivity index (χ1) is 13.2. The number of carbonyl (C=O) groups is 1. The number of hydrogen-bond acceptors (Lipinski definition) is 5. The van der Waals surface area contributed by atoms with Crippen molar-refractivity contribution in [2.45, 2.75) is 42.9 Å². The largest absolute Gasteiger partial charge is 0.346 e. The summed E-state index contributed by atoms with van der Waals surface area (Å²) in [6, 6.07) is 6.12. The van der Waals surface area contributed by atoms with E-state index in [4.69, 9.17) is 11.6 Å². The molecule has 28 heavy (non-hydrogen) atoms. The van der Waals surface area contributed by atoms with E-state index in [1.54, 1.807) is 12.1 Å². The fourth-order valence-electron chi connectivity index (χ4n) is 3.66. The number of H-pyrrole nitrogens is 1. The van der Waals surface area contributed by atoms with Crippen LogP contribution in [0.1, 0.15) is 43.6 Å². The Hall–Kier alpha value is -2.19. The summed E-state index contributed by atoms with van der Waals surface area (Å²) < 4.78 is 23.6. The Morgan fingerprint density at radius 3 is 2.64 bits per heavy atom. The first-order valence-electron chi connectivity index (χ1n) is 9.10. The van der Waals surface area contributed by atoms with Crippen LogP contribution >= 0.6 is 11.6 Å². The van der Waals surface area contributed by atoms with Gasteiger partial charge in [-0.1, -0.05) is 43.4 Å². The van der Waals surface area contributed by atoms with Crippen molar-refractivity contribution in [3.05, 3.63) is 51.5 Å². The van der Waals surface area contributed by atoms with Gasteiger partial charge in [-0.25, -0.2) is 13.2 Å². The lowest BCUT2D eigenvalue weighted by molar-refractivity contribution is -0.118. The fraction of sp³-hybridized carbons (Fsp3) is 0.421. The van der Waals surface area contributed by atoms with Gasteiger partial charge in [0.1, 0.15) is 5.82 Å². The average molecular weight is 424 g/mol. The van der Waals surface area contributed by atoms with Crippen molar-refractivity contribution < 1.29 is 13.2 Å². The molecule has 0 aliphatic heterocycles. The molecular weight excluding hydrogens is 402 g/mol. The lowest BCUT2D eigenvalue weighted by Crippen LogP contribution is -2.25. The van der Waals surface area contributed by atoms with E-state index < -0.39 is 21.4 Å². The van der Waals surface area contributed by atoms with Crippen molar-refractivity contribution in [1.29, 1.82) is 0 Å². The Balaban J connectivity index is 1.91. The highest BCUT2D eigenvalue weighted by molar-refractivity contribution is 7.90. The zero-order chi connectivity index (χ0) is 20.3. The van der Waals surface area contributed by atoms with E-state index in [0.717, 1.165) is 31.9 Å². The minimum absolute atomic E-state index is 0.0363. The van der Waals surface area contributed by atoms with E-state index in [1.165, 1.54) is 18.3 Å². The van der Waals surface area contributed by atoms with Gasteiger partial charge >= 0.3 is 5.69 Å². The summed E-state index contributed by atoms with van der Waals surface area (Å²) in [5.74, 6) is -0.233. The summed E-state index contributed by atoms with van der Waals surface area (Å²) in [7, 11) is -3.45. The first-order valence-corrected chi connectivity index (χ1v) is 11.4. The molecule has 1 atom stereocenters. The third kappa shape index (κ3) is 4.99. The monoisotopic (exact) mass is 423 g/mol. The number of benzene rings is 1. The molecule has 2 aromatic rings. The van der Waals surface area contributed by atoms with Crippen LogP contribution in [0, 0.1) is 5.92 Å². The Kier molecular flexibility index (Phi) is 6.20. The maximum absolute atomic E-state index is 13.0. The predicted molar refractivity (Wildman–Crippen MR) is 107 cm³/mol. The van der Waals surface area contributed by atoms with Crippen LogP contribution in [0.3, 0.4) is 0 Å². The van der Waals surface area contributed by atoms with Gasteiger partial charge in [-0.3, -0.25) is 4.79 Å². The molecule has 3 rings (SSSR count). The molecule has 2 N–H and O–H groups in total. The molecule has 0 saturated heterocycles. The second-order valence-electron chi connectivity index (χ2n) is 7.17. The van der Waals surface area contributed by atoms with Crippen molar-refractivity contribution in [3.63, 3.8) is 0 Å². The first kappa shape index (κ1) is 20.5. The van der Waals surface area contributed by atoms with E-state index in [0.29, 0.717) is 17.9 Å². The molecule has 9 heteroatoms. The van der Waals surface area contributed by atoms with E-state index >= 15 is 0 Å². The highest BCUT2D eigenvalue weighted by Crippen LogP contribution is 2.36. The Morgan fingerprint density at radius 1 is 1.32 bits per heavy atom. The molecule has 0 bridgehead atoms. The van der Waals surface area contributed by atoms with Crippen molar-refractivity contribution in [2.24, 2.45) is 5.92 Å². The van der Waals surface area contributed by atoms with Gasteiger partial charge in [0.25, 0.3) is 0 Å². The zero-order valence-electron chi connectivity index (χ0n) is 15.4. The number of sulfone groups is 1. The summed E-state index contributed by atoms with van der Waals surface area (Å²) in [6.07, 6.45) is 7.53. The number of nitrogens with zero attached hydrogens (tertiary/aromatic N) is 1. The molecule has 1 heterocycles. The molecule has 1 aromatic heterocycles. The molecular formula is C19H22ClN3O4S. The van der Waals surface area contributed by atoms with Gasteiger partial charge in [0.2, 0.25) is 5.91 Å². The molecule has 1 amide bonds. The number of anilines is 1. The smallest absolute Gasteiger partial charge is 0.313 e. The maximum Gasteiger partial charge on any atom is 0.346 e. The number of hydrogen-bond donors (Lipinski definition) is 2. The average Bonchev–Trinajstić information content (AvgIpc) is 3.11. The van der Waals surface area contributed by atoms with Crippen LogP contribution in [-0.2, 0) is 14.6 Å². The molecule has 1 fully saturated rings. The quantitative estimate of drug-likeness (QED) is 0.741. The summed E-state index contributed by atoms with van der Waals surface area (Å²) in [5, 5.41) is 2.78. The summed E-state index contributed by atoms with van der Waals surface area (Å²) in [4.78, 5) is 30.5. The molecule has 1 aromatic carbocycles. The number of rotatable bonds is 6. The van der Waals surface area contributed by atoms with Gasteiger partial charge in [0, 0.05) is 12.5 Å². The summed E-state index contributed by atoms with van der Waals surface area (Å²) in [6.45, 7) is 0. The fourth-order valence-corrected chi connectivity index (χ4v) is 5.00.